The van der Waals surface area contributed by atoms with E-state index in [0.29, 0.717) is 17.6 Å². The Kier molecular flexibility index (Phi) is 4.33. The van der Waals surface area contributed by atoms with E-state index in [1.54, 1.807) is 0 Å². The Hall–Kier alpha value is -1.11. The van der Waals surface area contributed by atoms with Crippen molar-refractivity contribution in [2.24, 2.45) is 22.7 Å². The summed E-state index contributed by atoms with van der Waals surface area (Å²) in [6.07, 6.45) is 9.18. The van der Waals surface area contributed by atoms with Crippen molar-refractivity contribution in [3.05, 3.63) is 36.5 Å². The molecule has 0 aromatic heterocycles. The molecule has 2 saturated carbocycles. The van der Waals surface area contributed by atoms with Crippen LogP contribution in [0.25, 0.3) is 0 Å². The molecular formula is C20H30O. The Labute approximate surface area is 130 Å². The van der Waals surface area contributed by atoms with E-state index >= 15 is 0 Å². The maximum atomic E-state index is 12.4. The molecule has 3 atom stereocenters. The molecular weight excluding hydrogens is 256 g/mol. The van der Waals surface area contributed by atoms with Gasteiger partial charge in [0.15, 0.2) is 0 Å². The third-order valence-electron chi connectivity index (χ3n) is 6.32. The van der Waals surface area contributed by atoms with E-state index in [-0.39, 0.29) is 10.8 Å². The fourth-order valence-corrected chi connectivity index (χ4v) is 4.80. The van der Waals surface area contributed by atoms with Crippen molar-refractivity contribution in [2.75, 3.05) is 0 Å². The van der Waals surface area contributed by atoms with Crippen LogP contribution in [0.2, 0.25) is 0 Å². The summed E-state index contributed by atoms with van der Waals surface area (Å²) >= 11 is 0. The predicted molar refractivity (Wildman–Crippen MR) is 90.1 cm³/mol. The van der Waals surface area contributed by atoms with E-state index in [2.05, 4.69) is 46.9 Å². The van der Waals surface area contributed by atoms with E-state index in [9.17, 15) is 4.79 Å². The molecule has 1 nitrogen and oxygen atoms in total. The van der Waals surface area contributed by atoms with Crippen molar-refractivity contribution >= 4 is 5.78 Å². The van der Waals surface area contributed by atoms with Crippen molar-refractivity contribution in [3.8, 4) is 0 Å². The maximum Gasteiger partial charge on any atom is 0.138 e. The van der Waals surface area contributed by atoms with Gasteiger partial charge in [0.25, 0.3) is 0 Å². The van der Waals surface area contributed by atoms with Gasteiger partial charge in [-0.2, -0.15) is 0 Å². The lowest BCUT2D eigenvalue weighted by molar-refractivity contribution is -0.144. The molecule has 116 valence electrons. The van der Waals surface area contributed by atoms with Gasteiger partial charge < -0.3 is 0 Å². The van der Waals surface area contributed by atoms with Gasteiger partial charge in [-0.15, -0.1) is 0 Å². The number of Topliss-reactive ketones (excluding diaryl/α,β-unsaturated/α-hetero) is 1. The first-order valence-corrected chi connectivity index (χ1v) is 8.23. The van der Waals surface area contributed by atoms with Crippen LogP contribution in [0.3, 0.4) is 0 Å². The molecule has 0 aliphatic heterocycles. The second kappa shape index (κ2) is 5.59. The molecule has 2 fully saturated rings. The summed E-state index contributed by atoms with van der Waals surface area (Å²) in [6.45, 7) is 17.0. The van der Waals surface area contributed by atoms with Crippen LogP contribution in [0.1, 0.15) is 59.8 Å². The zero-order valence-corrected chi connectivity index (χ0v) is 14.2. The predicted octanol–water partition coefficient (Wildman–Crippen LogP) is 5.49. The summed E-state index contributed by atoms with van der Waals surface area (Å²) in [5, 5.41) is 0. The molecule has 0 N–H and O–H groups in total. The van der Waals surface area contributed by atoms with Crippen LogP contribution in [0.5, 0.6) is 0 Å². The van der Waals surface area contributed by atoms with Crippen molar-refractivity contribution in [1.29, 1.82) is 0 Å². The molecule has 0 saturated heterocycles. The van der Waals surface area contributed by atoms with Crippen LogP contribution < -0.4 is 0 Å². The fraction of sp³-hybridized carbons (Fsp3) is 0.650. The molecule has 2 aliphatic rings. The van der Waals surface area contributed by atoms with Gasteiger partial charge in [0, 0.05) is 11.8 Å². The van der Waals surface area contributed by atoms with Crippen molar-refractivity contribution < 1.29 is 4.79 Å². The minimum atomic E-state index is -0.177. The number of fused-ring (bicyclic) bond motifs is 1. The molecule has 0 radical (unpaired) electrons. The number of hydrogen-bond acceptors (Lipinski definition) is 1. The van der Waals surface area contributed by atoms with Crippen LogP contribution in [0.4, 0.5) is 0 Å². The largest absolute Gasteiger partial charge is 0.299 e. The highest BCUT2D eigenvalue weighted by molar-refractivity contribution is 5.85. The highest BCUT2D eigenvalue weighted by Gasteiger charge is 2.55. The number of ketones is 1. The smallest absolute Gasteiger partial charge is 0.138 e. The molecule has 2 rings (SSSR count). The number of rotatable bonds is 3. The summed E-state index contributed by atoms with van der Waals surface area (Å²) in [5.74, 6) is 1.44. The summed E-state index contributed by atoms with van der Waals surface area (Å²) in [4.78, 5) is 12.4. The Balaban J connectivity index is 2.34. The van der Waals surface area contributed by atoms with Crippen molar-refractivity contribution in [3.63, 3.8) is 0 Å². The molecule has 3 unspecified atom stereocenters. The highest BCUT2D eigenvalue weighted by Crippen LogP contribution is 2.60. The molecule has 0 spiro atoms. The van der Waals surface area contributed by atoms with Crippen LogP contribution >= 0.6 is 0 Å². The Morgan fingerprint density at radius 3 is 2.62 bits per heavy atom. The third-order valence-corrected chi connectivity index (χ3v) is 6.32. The number of allylic oxidation sites excluding steroid dienone is 4. The molecule has 1 heteroatoms. The summed E-state index contributed by atoms with van der Waals surface area (Å²) in [6, 6.07) is 0. The summed E-state index contributed by atoms with van der Waals surface area (Å²) in [5.41, 5.74) is 2.65. The van der Waals surface area contributed by atoms with Crippen molar-refractivity contribution in [1.82, 2.24) is 0 Å². The zero-order chi connectivity index (χ0) is 15.8. The van der Waals surface area contributed by atoms with Gasteiger partial charge in [-0.1, -0.05) is 57.2 Å². The average molecular weight is 286 g/mol. The Bertz CT molecular complexity index is 494. The second-order valence-corrected chi connectivity index (χ2v) is 7.84. The standard InChI is InChI=1S/C20H30O/c1-7-14(2)8-10-16-15(3)9-11-17-19(4,5)18(21)12-13-20(16,17)6/h7-8,16-17H,1,3,9-13H2,2,4-6H3. The Morgan fingerprint density at radius 1 is 1.33 bits per heavy atom. The average Bonchev–Trinajstić information content (AvgIpc) is 2.42. The number of carbonyl (C=O) groups is 1. The topological polar surface area (TPSA) is 17.1 Å². The lowest BCUT2D eigenvalue weighted by Crippen LogP contribution is -2.53. The number of hydrogen-bond donors (Lipinski definition) is 0. The van der Waals surface area contributed by atoms with E-state index in [1.165, 1.54) is 11.1 Å². The van der Waals surface area contributed by atoms with Gasteiger partial charge in [-0.05, 0) is 49.9 Å². The minimum absolute atomic E-state index is 0.177. The van der Waals surface area contributed by atoms with Crippen LogP contribution in [-0.2, 0) is 4.79 Å². The first-order chi connectivity index (χ1) is 9.73. The first kappa shape index (κ1) is 16.3. The molecule has 2 aliphatic carbocycles. The van der Waals surface area contributed by atoms with Gasteiger partial charge in [0.2, 0.25) is 0 Å². The van der Waals surface area contributed by atoms with Gasteiger partial charge in [0.05, 0.1) is 0 Å². The van der Waals surface area contributed by atoms with Gasteiger partial charge in [0.1, 0.15) is 5.78 Å². The van der Waals surface area contributed by atoms with Gasteiger partial charge in [-0.25, -0.2) is 0 Å². The normalized spacial score (nSPS) is 36.3. The maximum absolute atomic E-state index is 12.4. The number of carbonyl (C=O) groups excluding carboxylic acids is 1. The molecule has 0 aromatic rings. The second-order valence-electron chi connectivity index (χ2n) is 7.84. The summed E-state index contributed by atoms with van der Waals surface area (Å²) in [7, 11) is 0. The van der Waals surface area contributed by atoms with E-state index < -0.39 is 0 Å². The van der Waals surface area contributed by atoms with Crippen molar-refractivity contribution in [2.45, 2.75) is 59.8 Å². The summed E-state index contributed by atoms with van der Waals surface area (Å²) < 4.78 is 0. The zero-order valence-electron chi connectivity index (χ0n) is 14.2. The van der Waals surface area contributed by atoms with E-state index in [4.69, 9.17) is 0 Å². The highest BCUT2D eigenvalue weighted by atomic mass is 16.1. The van der Waals surface area contributed by atoms with E-state index in [0.717, 1.165) is 32.1 Å². The molecule has 21 heavy (non-hydrogen) atoms. The SMILES string of the molecule is C=CC(C)=CCC1C(=C)CCC2C(C)(C)C(=O)CCC12C. The molecule has 0 aromatic carbocycles. The van der Waals surface area contributed by atoms with Crippen LogP contribution in [0, 0.1) is 22.7 Å². The third kappa shape index (κ3) is 2.67. The van der Waals surface area contributed by atoms with Gasteiger partial charge >= 0.3 is 0 Å². The fourth-order valence-electron chi connectivity index (χ4n) is 4.80. The lowest BCUT2D eigenvalue weighted by atomic mass is 9.47. The minimum Gasteiger partial charge on any atom is -0.299 e. The Morgan fingerprint density at radius 2 is 2.00 bits per heavy atom. The first-order valence-electron chi connectivity index (χ1n) is 8.23. The molecule has 0 bridgehead atoms. The monoisotopic (exact) mass is 286 g/mol. The molecule has 0 amide bonds. The quantitative estimate of drug-likeness (QED) is 0.495. The van der Waals surface area contributed by atoms with Crippen LogP contribution in [0.15, 0.2) is 36.5 Å². The molecule has 0 heterocycles. The van der Waals surface area contributed by atoms with Crippen LogP contribution in [-0.4, -0.2) is 5.78 Å². The lowest BCUT2D eigenvalue weighted by Gasteiger charge is -2.57. The van der Waals surface area contributed by atoms with E-state index in [1.807, 2.05) is 6.08 Å². The van der Waals surface area contributed by atoms with Gasteiger partial charge in [-0.3, -0.25) is 4.79 Å².